The Morgan fingerprint density at radius 1 is 0.228 bits per heavy atom. The highest BCUT2D eigenvalue weighted by Crippen LogP contribution is 2.37. The van der Waals surface area contributed by atoms with Crippen molar-refractivity contribution in [2.24, 2.45) is 0 Å². The van der Waals surface area contributed by atoms with E-state index in [-0.39, 0.29) is 52.9 Å². The molecule has 0 saturated carbocycles. The van der Waals surface area contributed by atoms with Gasteiger partial charge < -0.3 is 52.1 Å². The lowest BCUT2D eigenvalue weighted by molar-refractivity contribution is -0.394. The third kappa shape index (κ3) is 16.7. The molecule has 2 fully saturated rings. The van der Waals surface area contributed by atoms with Crippen LogP contribution >= 0.6 is 0 Å². The van der Waals surface area contributed by atoms with Gasteiger partial charge >= 0.3 is 0 Å². The Balaban J connectivity index is 1.04. The van der Waals surface area contributed by atoms with Crippen LogP contribution in [0.4, 0.5) is 0 Å². The molecule has 2 aliphatic rings. The fraction of sp³-hybridized carbons (Fsp3) is 0.294. The molecule has 10 rings (SSSR count). The Morgan fingerprint density at radius 3 is 0.671 bits per heavy atom. The fourth-order valence-corrected chi connectivity index (χ4v) is 9.85. The van der Waals surface area contributed by atoms with Crippen molar-refractivity contribution < 1.29 is 52.1 Å². The number of ether oxygens (including phenoxy) is 11. The summed E-state index contributed by atoms with van der Waals surface area (Å²) < 4.78 is 77.6. The Kier molecular flexibility index (Phi) is 21.2. The summed E-state index contributed by atoms with van der Waals surface area (Å²) in [6, 6.07) is 80.6. The fourth-order valence-electron chi connectivity index (χ4n) is 9.85. The summed E-state index contributed by atoms with van der Waals surface area (Å²) >= 11 is 0. The highest BCUT2D eigenvalue weighted by atomic mass is 16.8. The lowest BCUT2D eigenvalue weighted by Crippen LogP contribution is -2.66. The zero-order valence-electron chi connectivity index (χ0n) is 44.4. The van der Waals surface area contributed by atoms with Gasteiger partial charge in [0.15, 0.2) is 12.6 Å². The smallest absolute Gasteiger partial charge is 0.190 e. The molecule has 8 aromatic rings. The van der Waals surface area contributed by atoms with Crippen LogP contribution in [0.1, 0.15) is 44.5 Å². The van der Waals surface area contributed by atoms with Gasteiger partial charge in [0.2, 0.25) is 0 Å². The van der Waals surface area contributed by atoms with Gasteiger partial charge in [-0.15, -0.1) is 0 Å². The average molecular weight is 1060 g/mol. The van der Waals surface area contributed by atoms with E-state index in [0.29, 0.717) is 13.2 Å². The van der Waals surface area contributed by atoms with Crippen LogP contribution in [0.25, 0.3) is 0 Å². The number of hydrogen-bond donors (Lipinski definition) is 0. The lowest BCUT2D eigenvalue weighted by atomic mass is 9.96. The monoisotopic (exact) mass is 1060 g/mol. The van der Waals surface area contributed by atoms with Gasteiger partial charge in [0.25, 0.3) is 0 Å². The molecular formula is C68H70O11. The Bertz CT molecular complexity index is 2690. The molecule has 2 heterocycles. The SMILES string of the molecule is c1ccc(COC[C@H]2OC(OC3O[C@H](COCc4ccccc4)[C@@H](OCc4ccccc4)[C@H](OCc4ccccc4)[C@H]3OCc3ccccc3)[C@H](OCc3ccccc3)[C@@H](OCc3ccccc3)[C@@H]2OCc2ccccc2)cc1. The first kappa shape index (κ1) is 55.6. The first-order valence-corrected chi connectivity index (χ1v) is 27.3. The maximum absolute atomic E-state index is 7.43. The van der Waals surface area contributed by atoms with Crippen LogP contribution in [-0.2, 0) is 105 Å². The van der Waals surface area contributed by atoms with Gasteiger partial charge in [-0.25, -0.2) is 0 Å². The van der Waals surface area contributed by atoms with E-state index >= 15 is 0 Å². The maximum Gasteiger partial charge on any atom is 0.190 e. The second kappa shape index (κ2) is 30.1. The van der Waals surface area contributed by atoms with Crippen LogP contribution in [0.5, 0.6) is 0 Å². The minimum Gasteiger partial charge on any atom is -0.374 e. The molecule has 0 N–H and O–H groups in total. The predicted molar refractivity (Wildman–Crippen MR) is 301 cm³/mol. The molecule has 0 aliphatic carbocycles. The summed E-state index contributed by atoms with van der Waals surface area (Å²) in [6.07, 6.45) is -8.43. The van der Waals surface area contributed by atoms with E-state index in [2.05, 4.69) is 0 Å². The zero-order chi connectivity index (χ0) is 53.5. The summed E-state index contributed by atoms with van der Waals surface area (Å²) in [5.41, 5.74) is 7.91. The van der Waals surface area contributed by atoms with E-state index in [4.69, 9.17) is 52.1 Å². The van der Waals surface area contributed by atoms with Crippen LogP contribution in [0.2, 0.25) is 0 Å². The van der Waals surface area contributed by atoms with Crippen molar-refractivity contribution in [1.29, 1.82) is 0 Å². The number of rotatable bonds is 28. The molecule has 79 heavy (non-hydrogen) atoms. The molecule has 2 unspecified atom stereocenters. The van der Waals surface area contributed by atoms with Crippen molar-refractivity contribution in [2.75, 3.05) is 13.2 Å². The van der Waals surface area contributed by atoms with Crippen LogP contribution in [0.15, 0.2) is 243 Å². The lowest BCUT2D eigenvalue weighted by Gasteiger charge is -2.49. The summed E-state index contributed by atoms with van der Waals surface area (Å²) in [4.78, 5) is 0. The van der Waals surface area contributed by atoms with Gasteiger partial charge in [-0.1, -0.05) is 243 Å². The van der Waals surface area contributed by atoms with Crippen LogP contribution in [-0.4, -0.2) is 74.6 Å². The molecule has 0 bridgehead atoms. The molecule has 0 radical (unpaired) electrons. The van der Waals surface area contributed by atoms with Crippen molar-refractivity contribution in [1.82, 2.24) is 0 Å². The van der Waals surface area contributed by atoms with Crippen LogP contribution in [0.3, 0.4) is 0 Å². The van der Waals surface area contributed by atoms with E-state index in [0.717, 1.165) is 44.5 Å². The topological polar surface area (TPSA) is 102 Å². The van der Waals surface area contributed by atoms with E-state index < -0.39 is 61.4 Å². The molecule has 2 saturated heterocycles. The average Bonchev–Trinajstić information content (AvgIpc) is 3.56. The Labute approximate surface area is 464 Å². The third-order valence-electron chi connectivity index (χ3n) is 13.9. The van der Waals surface area contributed by atoms with Gasteiger partial charge in [-0.05, 0) is 44.5 Å². The van der Waals surface area contributed by atoms with E-state index in [1.807, 2.05) is 243 Å². The van der Waals surface area contributed by atoms with Crippen molar-refractivity contribution >= 4 is 0 Å². The molecule has 11 heteroatoms. The van der Waals surface area contributed by atoms with Gasteiger partial charge in [0.05, 0.1) is 66.1 Å². The predicted octanol–water partition coefficient (Wildman–Crippen LogP) is 12.4. The molecule has 0 spiro atoms. The number of benzene rings is 8. The summed E-state index contributed by atoms with van der Waals surface area (Å²) in [5.74, 6) is 0. The first-order valence-electron chi connectivity index (χ1n) is 27.3. The Morgan fingerprint density at radius 2 is 0.430 bits per heavy atom. The summed E-state index contributed by atoms with van der Waals surface area (Å²) in [6.45, 7) is 2.47. The van der Waals surface area contributed by atoms with E-state index in [9.17, 15) is 0 Å². The Hall–Kier alpha value is -6.68. The quantitative estimate of drug-likeness (QED) is 0.0469. The van der Waals surface area contributed by atoms with Crippen molar-refractivity contribution in [2.45, 2.75) is 114 Å². The zero-order valence-corrected chi connectivity index (χ0v) is 44.4. The molecule has 2 aliphatic heterocycles. The molecule has 0 aromatic heterocycles. The van der Waals surface area contributed by atoms with Gasteiger partial charge in [-0.2, -0.15) is 0 Å². The molecular weight excluding hydrogens is 993 g/mol. The molecule has 0 amide bonds. The normalized spacial score (nSPS) is 23.0. The third-order valence-corrected chi connectivity index (χ3v) is 13.9. The van der Waals surface area contributed by atoms with Crippen molar-refractivity contribution in [3.8, 4) is 0 Å². The van der Waals surface area contributed by atoms with Gasteiger partial charge in [0.1, 0.15) is 48.8 Å². The standard InChI is InChI=1S/C68H70O11/c1-9-25-51(26-10-1)41-69-49-59-61(71-43-53-29-13-3-14-30-53)63(73-45-55-33-17-5-18-34-55)65(75-47-57-37-21-7-22-38-57)67(77-59)79-68-66(76-48-58-39-23-8-24-40-58)64(74-46-56-35-19-6-20-36-56)62(72-44-54-31-15-4-16-32-54)60(78-68)50-70-42-52-27-11-2-12-28-52/h1-40,59-68H,41-50H2/t59-,60-,61-,62-,63+,64+,65-,66-,67?,68?/m1/s1. The minimum absolute atomic E-state index is 0.137. The first-order chi connectivity index (χ1) is 39.2. The van der Waals surface area contributed by atoms with Crippen molar-refractivity contribution in [3.05, 3.63) is 287 Å². The van der Waals surface area contributed by atoms with Gasteiger partial charge in [-0.3, -0.25) is 0 Å². The van der Waals surface area contributed by atoms with Crippen molar-refractivity contribution in [3.63, 3.8) is 0 Å². The maximum atomic E-state index is 7.43. The minimum atomic E-state index is -1.14. The molecule has 8 aromatic carbocycles. The highest BCUT2D eigenvalue weighted by molar-refractivity contribution is 5.20. The second-order valence-electron chi connectivity index (χ2n) is 19.8. The molecule has 10 atom stereocenters. The number of hydrogen-bond acceptors (Lipinski definition) is 11. The summed E-state index contributed by atoms with van der Waals surface area (Å²) in [7, 11) is 0. The van der Waals surface area contributed by atoms with Crippen LogP contribution < -0.4 is 0 Å². The second-order valence-corrected chi connectivity index (χ2v) is 19.8. The van der Waals surface area contributed by atoms with Gasteiger partial charge in [0, 0.05) is 0 Å². The summed E-state index contributed by atoms with van der Waals surface area (Å²) in [5, 5.41) is 0. The molecule has 11 nitrogen and oxygen atoms in total. The van der Waals surface area contributed by atoms with Crippen LogP contribution in [0, 0.1) is 0 Å². The largest absolute Gasteiger partial charge is 0.374 e. The van der Waals surface area contributed by atoms with E-state index in [1.165, 1.54) is 0 Å². The molecule has 408 valence electrons. The highest BCUT2D eigenvalue weighted by Gasteiger charge is 2.54. The van der Waals surface area contributed by atoms with E-state index in [1.54, 1.807) is 0 Å².